The number of unbranched alkanes of at least 4 members (excludes halogenated alkanes) is 1. The van der Waals surface area contributed by atoms with Crippen LogP contribution in [0.4, 0.5) is 8.78 Å². The third-order valence-corrected chi connectivity index (χ3v) is 5.60. The van der Waals surface area contributed by atoms with Gasteiger partial charge in [-0.1, -0.05) is 56.6 Å². The van der Waals surface area contributed by atoms with Crippen molar-refractivity contribution in [2.45, 2.75) is 64.7 Å². The van der Waals surface area contributed by atoms with Crippen LogP contribution in [0.3, 0.4) is 0 Å². The molecule has 2 aromatic rings. The molecule has 0 radical (unpaired) electrons. The topological polar surface area (TPSA) is 0 Å². The zero-order chi connectivity index (χ0) is 20.6. The third-order valence-electron chi connectivity index (χ3n) is 5.60. The molecule has 2 aromatic carbocycles. The Balaban J connectivity index is 1.70. The van der Waals surface area contributed by atoms with Gasteiger partial charge in [-0.15, -0.1) is 5.92 Å². The molecule has 0 unspecified atom stereocenters. The Morgan fingerprint density at radius 2 is 1.48 bits per heavy atom. The second-order valence-corrected chi connectivity index (χ2v) is 8.04. The Hall–Kier alpha value is -2.58. The van der Waals surface area contributed by atoms with Crippen molar-refractivity contribution >= 4 is 0 Å². The molecule has 2 heteroatoms. The molecule has 0 atom stereocenters. The van der Waals surface area contributed by atoms with E-state index in [4.69, 9.17) is 0 Å². The Morgan fingerprint density at radius 3 is 2.10 bits per heavy atom. The fourth-order valence-corrected chi connectivity index (χ4v) is 3.82. The first-order valence-electron chi connectivity index (χ1n) is 10.6. The summed E-state index contributed by atoms with van der Waals surface area (Å²) in [5, 5.41) is 0. The Bertz CT molecular complexity index is 917. The maximum atomic E-state index is 14.6. The summed E-state index contributed by atoms with van der Waals surface area (Å²) in [5.74, 6) is 11.9. The van der Waals surface area contributed by atoms with E-state index < -0.39 is 11.6 Å². The number of hydrogen-bond acceptors (Lipinski definition) is 0. The zero-order valence-electron chi connectivity index (χ0n) is 17.3. The predicted octanol–water partition coefficient (Wildman–Crippen LogP) is 7.00. The average molecular weight is 391 g/mol. The predicted molar refractivity (Wildman–Crippen MR) is 116 cm³/mol. The van der Waals surface area contributed by atoms with Crippen molar-refractivity contribution in [3.8, 4) is 23.7 Å². The molecule has 1 saturated carbocycles. The van der Waals surface area contributed by atoms with E-state index in [0.717, 1.165) is 56.1 Å². The molecule has 0 amide bonds. The van der Waals surface area contributed by atoms with Crippen LogP contribution in [0.1, 0.15) is 80.5 Å². The van der Waals surface area contributed by atoms with Crippen LogP contribution in [-0.4, -0.2) is 0 Å². The van der Waals surface area contributed by atoms with Crippen molar-refractivity contribution in [2.24, 2.45) is 5.92 Å². The highest BCUT2D eigenvalue weighted by atomic mass is 19.1. The van der Waals surface area contributed by atoms with Gasteiger partial charge in [0.25, 0.3) is 0 Å². The molecule has 0 bridgehead atoms. The van der Waals surface area contributed by atoms with Crippen LogP contribution in [0.15, 0.2) is 36.4 Å². The van der Waals surface area contributed by atoms with Gasteiger partial charge in [-0.2, -0.15) is 0 Å². The summed E-state index contributed by atoms with van der Waals surface area (Å²) in [5.41, 5.74) is 2.59. The smallest absolute Gasteiger partial charge is 0.130 e. The first kappa shape index (κ1) is 21.1. The number of benzene rings is 2. The van der Waals surface area contributed by atoms with Crippen LogP contribution < -0.4 is 0 Å². The van der Waals surface area contributed by atoms with E-state index in [2.05, 4.69) is 37.5 Å². The normalized spacial score (nSPS) is 18.3. The van der Waals surface area contributed by atoms with Crippen LogP contribution in [0.2, 0.25) is 0 Å². The summed E-state index contributed by atoms with van der Waals surface area (Å²) in [6, 6.07) is 10.6. The van der Waals surface area contributed by atoms with E-state index in [1.165, 1.54) is 12.1 Å². The Labute approximate surface area is 173 Å². The lowest BCUT2D eigenvalue weighted by Gasteiger charge is -2.27. The van der Waals surface area contributed by atoms with Gasteiger partial charge in [0.15, 0.2) is 0 Å². The summed E-state index contributed by atoms with van der Waals surface area (Å²) >= 11 is 0. The summed E-state index contributed by atoms with van der Waals surface area (Å²) in [7, 11) is 0. The lowest BCUT2D eigenvalue weighted by atomic mass is 9.79. The quantitative estimate of drug-likeness (QED) is 0.495. The summed E-state index contributed by atoms with van der Waals surface area (Å²) in [6.07, 6.45) is 6.51. The molecule has 0 aliphatic heterocycles. The molecule has 0 N–H and O–H groups in total. The minimum absolute atomic E-state index is 0.0128. The first-order valence-corrected chi connectivity index (χ1v) is 10.6. The first-order chi connectivity index (χ1) is 14.1. The van der Waals surface area contributed by atoms with Crippen LogP contribution in [0, 0.1) is 41.2 Å². The van der Waals surface area contributed by atoms with E-state index in [-0.39, 0.29) is 11.5 Å². The van der Waals surface area contributed by atoms with Gasteiger partial charge in [-0.05, 0) is 60.9 Å². The molecule has 1 aliphatic rings. The summed E-state index contributed by atoms with van der Waals surface area (Å²) in [6.45, 7) is 4.32. The van der Waals surface area contributed by atoms with Crippen LogP contribution in [0.25, 0.3) is 0 Å². The van der Waals surface area contributed by atoms with Gasteiger partial charge < -0.3 is 0 Å². The van der Waals surface area contributed by atoms with Gasteiger partial charge in [0.05, 0.1) is 0 Å². The molecule has 0 nitrogen and oxygen atoms in total. The lowest BCUT2D eigenvalue weighted by molar-refractivity contribution is 0.335. The highest BCUT2D eigenvalue weighted by molar-refractivity contribution is 5.45. The fraction of sp³-hybridized carbons (Fsp3) is 0.407. The molecule has 3 rings (SSSR count). The third kappa shape index (κ3) is 5.95. The maximum absolute atomic E-state index is 14.6. The zero-order valence-corrected chi connectivity index (χ0v) is 17.3. The van der Waals surface area contributed by atoms with Crippen LogP contribution >= 0.6 is 0 Å². The molecule has 0 aromatic heterocycles. The number of rotatable bonds is 3. The molecule has 0 heterocycles. The summed E-state index contributed by atoms with van der Waals surface area (Å²) in [4.78, 5) is 0. The average Bonchev–Trinajstić information content (AvgIpc) is 2.71. The van der Waals surface area contributed by atoms with Gasteiger partial charge >= 0.3 is 0 Å². The van der Waals surface area contributed by atoms with E-state index in [9.17, 15) is 8.78 Å². The number of hydrogen-bond donors (Lipinski definition) is 0. The standard InChI is InChI=1S/C27H28F2/c1-3-4-5-6-7-21-10-12-22(13-11-21)14-15-23-18-25(28)27(26(29)19-23)24-16-8-20(2)9-17-24/h10-13,18-20,24H,3-4,7-9,16-17H2,1-2H3. The second-order valence-electron chi connectivity index (χ2n) is 8.04. The molecule has 0 spiro atoms. The van der Waals surface area contributed by atoms with E-state index in [0.29, 0.717) is 11.5 Å². The van der Waals surface area contributed by atoms with Crippen molar-refractivity contribution in [2.75, 3.05) is 0 Å². The van der Waals surface area contributed by atoms with Gasteiger partial charge in [0, 0.05) is 29.5 Å². The van der Waals surface area contributed by atoms with Crippen LogP contribution in [0.5, 0.6) is 0 Å². The highest BCUT2D eigenvalue weighted by Crippen LogP contribution is 2.38. The molecular formula is C27H28F2. The van der Waals surface area contributed by atoms with Crippen molar-refractivity contribution in [1.29, 1.82) is 0 Å². The van der Waals surface area contributed by atoms with Crippen LogP contribution in [-0.2, 0) is 6.42 Å². The fourth-order valence-electron chi connectivity index (χ4n) is 3.82. The van der Waals surface area contributed by atoms with Gasteiger partial charge in [-0.25, -0.2) is 8.78 Å². The van der Waals surface area contributed by atoms with Gasteiger partial charge in [0.2, 0.25) is 0 Å². The molecule has 1 fully saturated rings. The lowest BCUT2D eigenvalue weighted by Crippen LogP contribution is -2.13. The number of halogens is 2. The molecule has 150 valence electrons. The summed E-state index contributed by atoms with van der Waals surface area (Å²) < 4.78 is 29.2. The largest absolute Gasteiger partial charge is 0.207 e. The Morgan fingerprint density at radius 1 is 0.862 bits per heavy atom. The van der Waals surface area contributed by atoms with Crippen molar-refractivity contribution < 1.29 is 8.78 Å². The van der Waals surface area contributed by atoms with Crippen molar-refractivity contribution in [1.82, 2.24) is 0 Å². The maximum Gasteiger partial charge on any atom is 0.130 e. The van der Waals surface area contributed by atoms with Crippen molar-refractivity contribution in [3.05, 3.63) is 70.3 Å². The molecule has 1 aliphatic carbocycles. The van der Waals surface area contributed by atoms with Crippen molar-refractivity contribution in [3.63, 3.8) is 0 Å². The van der Waals surface area contributed by atoms with E-state index >= 15 is 0 Å². The molecular weight excluding hydrogens is 362 g/mol. The van der Waals surface area contributed by atoms with E-state index in [1.807, 2.05) is 24.3 Å². The Kier molecular flexibility index (Phi) is 7.48. The molecule has 0 saturated heterocycles. The minimum atomic E-state index is -0.463. The second kappa shape index (κ2) is 10.3. The minimum Gasteiger partial charge on any atom is -0.207 e. The SMILES string of the molecule is CCCC#CCc1ccc(C#Cc2cc(F)c(C3CCC(C)CC3)c(F)c2)cc1. The monoisotopic (exact) mass is 390 g/mol. The van der Waals surface area contributed by atoms with Gasteiger partial charge in [-0.3, -0.25) is 0 Å². The molecule has 29 heavy (non-hydrogen) atoms. The highest BCUT2D eigenvalue weighted by Gasteiger charge is 2.25. The van der Waals surface area contributed by atoms with E-state index in [1.54, 1.807) is 0 Å². The van der Waals surface area contributed by atoms with Gasteiger partial charge in [0.1, 0.15) is 11.6 Å².